The third-order valence-electron chi connectivity index (χ3n) is 6.14. The minimum atomic E-state index is -4.64. The van der Waals surface area contributed by atoms with Crippen LogP contribution >= 0.6 is 11.6 Å². The first-order valence-corrected chi connectivity index (χ1v) is 13.5. The quantitative estimate of drug-likeness (QED) is 0.177. The Kier molecular flexibility index (Phi) is 9.98. The van der Waals surface area contributed by atoms with Crippen LogP contribution in [0.5, 0.6) is 0 Å². The molecule has 4 N–H and O–H groups in total. The minimum absolute atomic E-state index is 0.270. The number of rotatable bonds is 4. The van der Waals surface area contributed by atoms with Crippen molar-refractivity contribution in [3.05, 3.63) is 94.6 Å². The molecule has 0 aliphatic carbocycles. The summed E-state index contributed by atoms with van der Waals surface area (Å²) < 4.78 is 31.2. The van der Waals surface area contributed by atoms with Gasteiger partial charge in [-0.25, -0.2) is 9.78 Å². The lowest BCUT2D eigenvalue weighted by molar-refractivity contribution is -0.156. The number of nitrogens with zero attached hydrogens (tertiary/aromatic N) is 2. The molecular weight excluding hydrogens is 569 g/mol. The number of fused-ring (bicyclic) bond motifs is 6. The van der Waals surface area contributed by atoms with Crippen molar-refractivity contribution in [3.63, 3.8) is 0 Å². The highest BCUT2D eigenvalue weighted by molar-refractivity contribution is 6.32. The first kappa shape index (κ1) is 30.3. The highest BCUT2D eigenvalue weighted by atomic mass is 35.5. The number of carbonyl (C=O) groups excluding carboxylic acids is 2. The van der Waals surface area contributed by atoms with Crippen molar-refractivity contribution in [2.24, 2.45) is 0 Å². The van der Waals surface area contributed by atoms with Crippen LogP contribution in [0.25, 0.3) is 0 Å². The molecular formula is C30H28ClF3N6O2. The van der Waals surface area contributed by atoms with Gasteiger partial charge < -0.3 is 21.3 Å². The largest absolute Gasteiger partial charge is 0.446 e. The van der Waals surface area contributed by atoms with Crippen LogP contribution in [-0.4, -0.2) is 28.5 Å². The van der Waals surface area contributed by atoms with E-state index in [9.17, 15) is 18.0 Å². The minimum Gasteiger partial charge on any atom is -0.339 e. The van der Waals surface area contributed by atoms with Gasteiger partial charge in [-0.1, -0.05) is 55.3 Å². The average Bonchev–Trinajstić information content (AvgIpc) is 2.96. The summed E-state index contributed by atoms with van der Waals surface area (Å²) in [6.07, 6.45) is -0.685. The fraction of sp³-hybridized carbons (Fsp3) is 0.200. The zero-order valence-corrected chi connectivity index (χ0v) is 23.3. The summed E-state index contributed by atoms with van der Waals surface area (Å²) >= 11 is 6.36. The number of benzene rings is 3. The van der Waals surface area contributed by atoms with Crippen molar-refractivity contribution in [1.29, 1.82) is 0 Å². The highest BCUT2D eigenvalue weighted by Gasteiger charge is 2.25. The molecule has 42 heavy (non-hydrogen) atoms. The van der Waals surface area contributed by atoms with Gasteiger partial charge in [0.15, 0.2) is 5.82 Å². The van der Waals surface area contributed by atoms with E-state index in [-0.39, 0.29) is 6.03 Å². The molecule has 0 saturated heterocycles. The molecule has 0 unspecified atom stereocenters. The van der Waals surface area contributed by atoms with Crippen molar-refractivity contribution in [3.8, 4) is 0 Å². The van der Waals surface area contributed by atoms with Crippen molar-refractivity contribution in [2.45, 2.75) is 38.8 Å². The highest BCUT2D eigenvalue weighted by Crippen LogP contribution is 2.29. The molecule has 0 atom stereocenters. The lowest BCUT2D eigenvalue weighted by atomic mass is 10.0. The first-order chi connectivity index (χ1) is 20.1. The van der Waals surface area contributed by atoms with Crippen LogP contribution in [0.4, 0.5) is 52.5 Å². The molecule has 5 rings (SSSR count). The van der Waals surface area contributed by atoms with E-state index in [1.807, 2.05) is 54.6 Å². The lowest BCUT2D eigenvalue weighted by Crippen LogP contribution is -2.21. The lowest BCUT2D eigenvalue weighted by Gasteiger charge is -2.16. The molecule has 0 saturated carbocycles. The van der Waals surface area contributed by atoms with E-state index < -0.39 is 12.5 Å². The molecule has 4 aromatic rings. The molecule has 6 bridgehead atoms. The topological polar surface area (TPSA) is 108 Å². The smallest absolute Gasteiger partial charge is 0.339 e. The van der Waals surface area contributed by atoms with E-state index in [0.29, 0.717) is 16.8 Å². The molecule has 0 spiro atoms. The Morgan fingerprint density at radius 3 is 2.48 bits per heavy atom. The molecule has 218 valence electrons. The van der Waals surface area contributed by atoms with Gasteiger partial charge in [0, 0.05) is 22.7 Å². The summed E-state index contributed by atoms with van der Waals surface area (Å²) in [5.41, 5.74) is 6.58. The number of aryl methyl sites for hydroxylation is 3. The van der Waals surface area contributed by atoms with Gasteiger partial charge in [-0.05, 0) is 72.4 Å². The molecule has 0 radical (unpaired) electrons. The van der Waals surface area contributed by atoms with Crippen molar-refractivity contribution in [1.82, 2.24) is 9.97 Å². The van der Waals surface area contributed by atoms with Crippen LogP contribution in [0.3, 0.4) is 0 Å². The fourth-order valence-electron chi connectivity index (χ4n) is 4.27. The summed E-state index contributed by atoms with van der Waals surface area (Å²) in [5.74, 6) is 0.957. The average molecular weight is 597 g/mol. The van der Waals surface area contributed by atoms with Gasteiger partial charge in [0.1, 0.15) is 5.02 Å². The van der Waals surface area contributed by atoms with E-state index >= 15 is 0 Å². The number of alkyl halides is 3. The summed E-state index contributed by atoms with van der Waals surface area (Å²) in [6, 6.07) is 21.6. The number of nitrogens with one attached hydrogen (secondary N) is 4. The maximum Gasteiger partial charge on any atom is 0.446 e. The number of para-hydroxylation sites is 1. The Bertz CT molecular complexity index is 1560. The molecule has 3 aromatic carbocycles. The summed E-state index contributed by atoms with van der Waals surface area (Å²) in [5, 5.41) is 13.0. The summed E-state index contributed by atoms with van der Waals surface area (Å²) in [7, 11) is 0. The van der Waals surface area contributed by atoms with Crippen molar-refractivity contribution in [2.75, 3.05) is 21.3 Å². The SMILES string of the molecule is CCCc1ccccc1NC(=O)Nc1ccc2cc1CCc1cccc(c1)Nc1ncc(Cl)c(n1)N2.O=CC(F)(F)F. The number of amides is 2. The monoisotopic (exact) mass is 596 g/mol. The van der Waals surface area contributed by atoms with Gasteiger partial charge in [0.05, 0.1) is 6.20 Å². The van der Waals surface area contributed by atoms with E-state index in [0.717, 1.165) is 65.1 Å². The second-order valence-corrected chi connectivity index (χ2v) is 9.77. The van der Waals surface area contributed by atoms with E-state index in [1.165, 1.54) is 0 Å². The Balaban J connectivity index is 0.000000612. The number of aldehydes is 1. The van der Waals surface area contributed by atoms with Gasteiger partial charge in [0.2, 0.25) is 12.2 Å². The van der Waals surface area contributed by atoms with Crippen LogP contribution in [0.2, 0.25) is 5.02 Å². The number of halogens is 4. The maximum atomic E-state index is 13.0. The molecule has 8 nitrogen and oxygen atoms in total. The van der Waals surface area contributed by atoms with Crippen molar-refractivity contribution < 1.29 is 22.8 Å². The Morgan fingerprint density at radius 1 is 0.976 bits per heavy atom. The van der Waals surface area contributed by atoms with E-state index in [4.69, 9.17) is 16.4 Å². The normalized spacial score (nSPS) is 12.0. The Hall–Kier alpha value is -4.64. The zero-order chi connectivity index (χ0) is 30.1. The van der Waals surface area contributed by atoms with Crippen LogP contribution in [0, 0.1) is 0 Å². The van der Waals surface area contributed by atoms with Crippen LogP contribution in [-0.2, 0) is 24.1 Å². The molecule has 2 amide bonds. The first-order valence-electron chi connectivity index (χ1n) is 13.1. The van der Waals surface area contributed by atoms with Gasteiger partial charge in [0.25, 0.3) is 0 Å². The number of urea groups is 1. The molecule has 1 aliphatic rings. The second kappa shape index (κ2) is 13.8. The number of hydrogen-bond donors (Lipinski definition) is 4. The van der Waals surface area contributed by atoms with Gasteiger partial charge >= 0.3 is 12.2 Å². The van der Waals surface area contributed by atoms with E-state index in [2.05, 4.69) is 50.3 Å². The molecule has 1 aromatic heterocycles. The molecule has 1 aliphatic heterocycles. The molecule has 2 heterocycles. The second-order valence-electron chi connectivity index (χ2n) is 9.36. The van der Waals surface area contributed by atoms with Gasteiger partial charge in [-0.15, -0.1) is 0 Å². The van der Waals surface area contributed by atoms with Crippen LogP contribution in [0.15, 0.2) is 72.9 Å². The number of carbonyl (C=O) groups is 2. The van der Waals surface area contributed by atoms with Crippen LogP contribution < -0.4 is 21.3 Å². The number of aromatic nitrogens is 2. The fourth-order valence-corrected chi connectivity index (χ4v) is 4.41. The zero-order valence-electron chi connectivity index (χ0n) is 22.6. The summed E-state index contributed by atoms with van der Waals surface area (Å²) in [4.78, 5) is 30.5. The maximum absolute atomic E-state index is 13.0. The van der Waals surface area contributed by atoms with Crippen molar-refractivity contribution >= 4 is 58.4 Å². The van der Waals surface area contributed by atoms with Gasteiger partial charge in [-0.2, -0.15) is 18.2 Å². The predicted octanol–water partition coefficient (Wildman–Crippen LogP) is 8.06. The van der Waals surface area contributed by atoms with Gasteiger partial charge in [-0.3, -0.25) is 4.79 Å². The number of hydrogen-bond acceptors (Lipinski definition) is 6. The Morgan fingerprint density at radius 2 is 1.71 bits per heavy atom. The Labute approximate surface area is 245 Å². The number of anilines is 6. The summed E-state index contributed by atoms with van der Waals surface area (Å²) in [6.45, 7) is 2.13. The standard InChI is InChI=1S/C28H27ClN6O.C2HF3O/c1-2-6-19-8-3-4-10-24(19)33-28(36)34-25-14-13-22-16-20(25)12-11-18-7-5-9-21(15-18)32-27-30-17-23(29)26(31-22)35-27;3-2(4,5)1-6/h3-5,7-10,13-17H,2,6,11-12H2,1H3,(H2,33,34,36)(H2,30,31,32,35);1H. The third-order valence-corrected chi connectivity index (χ3v) is 6.42. The predicted molar refractivity (Wildman–Crippen MR) is 159 cm³/mol. The molecule has 0 fully saturated rings. The van der Waals surface area contributed by atoms with Crippen LogP contribution in [0.1, 0.15) is 30.0 Å². The third kappa shape index (κ3) is 8.68. The molecule has 12 heteroatoms. The van der Waals surface area contributed by atoms with E-state index in [1.54, 1.807) is 6.20 Å².